The molecule has 7 heteroatoms. The zero-order chi connectivity index (χ0) is 18.8. The zero-order valence-electron chi connectivity index (χ0n) is 16.1. The van der Waals surface area contributed by atoms with Gasteiger partial charge in [-0.1, -0.05) is 18.2 Å². The highest BCUT2D eigenvalue weighted by Gasteiger charge is 2.22. The third kappa shape index (κ3) is 3.67. The number of aromatic nitrogens is 3. The zero-order valence-corrected chi connectivity index (χ0v) is 16.1. The first kappa shape index (κ1) is 17.6. The van der Waals surface area contributed by atoms with E-state index in [0.29, 0.717) is 12.5 Å². The van der Waals surface area contributed by atoms with E-state index >= 15 is 0 Å². The summed E-state index contributed by atoms with van der Waals surface area (Å²) >= 11 is 0. The van der Waals surface area contributed by atoms with Crippen molar-refractivity contribution >= 4 is 16.9 Å². The molecule has 3 aromatic rings. The molecule has 2 aromatic heterocycles. The van der Waals surface area contributed by atoms with Gasteiger partial charge in [-0.25, -0.2) is 0 Å². The van der Waals surface area contributed by atoms with E-state index in [2.05, 4.69) is 42.1 Å². The Morgan fingerprint density at radius 2 is 2.22 bits per heavy atom. The Bertz CT molecular complexity index is 923. The van der Waals surface area contributed by atoms with Crippen LogP contribution < -0.4 is 5.32 Å². The van der Waals surface area contributed by atoms with Gasteiger partial charge in [-0.05, 0) is 31.4 Å². The van der Waals surface area contributed by atoms with Crippen molar-refractivity contribution in [1.82, 2.24) is 25.0 Å². The van der Waals surface area contributed by atoms with Crippen LogP contribution in [0.25, 0.3) is 11.0 Å². The van der Waals surface area contributed by atoms with Crippen molar-refractivity contribution < 1.29 is 4.42 Å². The lowest BCUT2D eigenvalue weighted by Crippen LogP contribution is -2.42. The van der Waals surface area contributed by atoms with Crippen LogP contribution in [0.15, 0.2) is 39.7 Å². The Morgan fingerprint density at radius 1 is 1.37 bits per heavy atom. The molecule has 0 saturated heterocycles. The summed E-state index contributed by atoms with van der Waals surface area (Å²) in [5.41, 5.74) is 0.922. The predicted molar refractivity (Wildman–Crippen MR) is 106 cm³/mol. The number of nitrogens with zero attached hydrogens (tertiary/aromatic N) is 5. The van der Waals surface area contributed by atoms with Crippen molar-refractivity contribution in [2.24, 2.45) is 10.9 Å². The number of aliphatic imine (C=N–C) groups is 1. The lowest BCUT2D eigenvalue weighted by Gasteiger charge is -2.27. The topological polar surface area (TPSA) is 71.5 Å². The van der Waals surface area contributed by atoms with Crippen LogP contribution in [0.5, 0.6) is 0 Å². The molecule has 3 heterocycles. The molecule has 0 radical (unpaired) electrons. The molecule has 0 bridgehead atoms. The number of furan rings is 1. The van der Waals surface area contributed by atoms with Crippen molar-refractivity contribution in [3.63, 3.8) is 0 Å². The van der Waals surface area contributed by atoms with Crippen LogP contribution in [0.1, 0.15) is 23.8 Å². The van der Waals surface area contributed by atoms with Crippen LogP contribution in [0.3, 0.4) is 0 Å². The van der Waals surface area contributed by atoms with E-state index in [1.807, 2.05) is 39.2 Å². The van der Waals surface area contributed by atoms with Gasteiger partial charge in [-0.15, -0.1) is 10.2 Å². The Labute approximate surface area is 159 Å². The standard InChI is InChI=1S/C20H26N6O/c1-14-23-24-19-9-8-15(12-26(14)19)11-22-20(21-2)25(3)13-17-10-16-6-4-5-7-18(16)27-17/h4-7,10,15H,8-9,11-13H2,1-3H3,(H,21,22). The van der Waals surface area contributed by atoms with Crippen LogP contribution >= 0.6 is 0 Å². The largest absolute Gasteiger partial charge is 0.459 e. The summed E-state index contributed by atoms with van der Waals surface area (Å²) < 4.78 is 8.16. The van der Waals surface area contributed by atoms with E-state index in [1.165, 1.54) is 0 Å². The molecule has 7 nitrogen and oxygen atoms in total. The molecule has 0 fully saturated rings. The molecule has 1 atom stereocenters. The van der Waals surface area contributed by atoms with Crippen LogP contribution in [0, 0.1) is 12.8 Å². The molecule has 1 unspecified atom stereocenters. The molecule has 0 amide bonds. The van der Waals surface area contributed by atoms with Gasteiger partial charge >= 0.3 is 0 Å². The first-order valence-electron chi connectivity index (χ1n) is 9.42. The van der Waals surface area contributed by atoms with Crippen molar-refractivity contribution in [2.75, 3.05) is 20.6 Å². The van der Waals surface area contributed by atoms with E-state index in [4.69, 9.17) is 4.42 Å². The van der Waals surface area contributed by atoms with Gasteiger partial charge in [0.05, 0.1) is 6.54 Å². The van der Waals surface area contributed by atoms with Crippen molar-refractivity contribution in [1.29, 1.82) is 0 Å². The molecule has 0 spiro atoms. The maximum atomic E-state index is 5.93. The minimum absolute atomic E-state index is 0.545. The maximum absolute atomic E-state index is 5.93. The van der Waals surface area contributed by atoms with E-state index in [1.54, 1.807) is 0 Å². The van der Waals surface area contributed by atoms with Crippen molar-refractivity contribution in [3.05, 3.63) is 47.7 Å². The highest BCUT2D eigenvalue weighted by Crippen LogP contribution is 2.21. The Hall–Kier alpha value is -2.83. The molecule has 142 valence electrons. The summed E-state index contributed by atoms with van der Waals surface area (Å²) in [5, 5.41) is 13.1. The molecule has 0 aliphatic carbocycles. The summed E-state index contributed by atoms with van der Waals surface area (Å²) in [6, 6.07) is 10.2. The van der Waals surface area contributed by atoms with E-state index in [0.717, 1.165) is 60.3 Å². The van der Waals surface area contributed by atoms with Crippen LogP contribution in [0.2, 0.25) is 0 Å². The van der Waals surface area contributed by atoms with Crippen LogP contribution in [0.4, 0.5) is 0 Å². The van der Waals surface area contributed by atoms with Gasteiger partial charge in [0.2, 0.25) is 0 Å². The fourth-order valence-corrected chi connectivity index (χ4v) is 3.74. The second kappa shape index (κ2) is 7.42. The number of benzene rings is 1. The number of nitrogens with one attached hydrogen (secondary N) is 1. The summed E-state index contributed by atoms with van der Waals surface area (Å²) in [6.45, 7) is 4.54. The van der Waals surface area contributed by atoms with Gasteiger partial charge in [-0.2, -0.15) is 0 Å². The maximum Gasteiger partial charge on any atom is 0.193 e. The highest BCUT2D eigenvalue weighted by molar-refractivity contribution is 5.80. The number of aryl methyl sites for hydroxylation is 2. The number of para-hydroxylation sites is 1. The number of rotatable bonds is 4. The Kier molecular flexibility index (Phi) is 4.83. The SMILES string of the molecule is CN=C(NCC1CCc2nnc(C)n2C1)N(C)Cc1cc2ccccc2o1. The lowest BCUT2D eigenvalue weighted by atomic mass is 9.99. The van der Waals surface area contributed by atoms with Gasteiger partial charge in [0.15, 0.2) is 5.96 Å². The Morgan fingerprint density at radius 3 is 3.04 bits per heavy atom. The second-order valence-corrected chi connectivity index (χ2v) is 7.21. The fraction of sp³-hybridized carbons (Fsp3) is 0.450. The van der Waals surface area contributed by atoms with E-state index in [9.17, 15) is 0 Å². The molecule has 1 aliphatic heterocycles. The average Bonchev–Trinajstić information content (AvgIpc) is 3.25. The van der Waals surface area contributed by atoms with E-state index < -0.39 is 0 Å². The number of guanidine groups is 1. The smallest absolute Gasteiger partial charge is 0.193 e. The summed E-state index contributed by atoms with van der Waals surface area (Å²) in [7, 11) is 3.85. The summed E-state index contributed by atoms with van der Waals surface area (Å²) in [6.07, 6.45) is 2.11. The third-order valence-corrected chi connectivity index (χ3v) is 5.22. The van der Waals surface area contributed by atoms with E-state index in [-0.39, 0.29) is 0 Å². The lowest BCUT2D eigenvalue weighted by molar-refractivity contribution is 0.349. The second-order valence-electron chi connectivity index (χ2n) is 7.21. The van der Waals surface area contributed by atoms with Crippen molar-refractivity contribution in [2.45, 2.75) is 32.9 Å². The minimum atomic E-state index is 0.545. The van der Waals surface area contributed by atoms with Crippen LogP contribution in [-0.4, -0.2) is 46.3 Å². The average molecular weight is 366 g/mol. The molecular weight excluding hydrogens is 340 g/mol. The number of fused-ring (bicyclic) bond motifs is 2. The first-order chi connectivity index (χ1) is 13.1. The predicted octanol–water partition coefficient (Wildman–Crippen LogP) is 2.60. The monoisotopic (exact) mass is 366 g/mol. The molecule has 1 aliphatic rings. The van der Waals surface area contributed by atoms with Gasteiger partial charge in [-0.3, -0.25) is 4.99 Å². The molecule has 27 heavy (non-hydrogen) atoms. The quantitative estimate of drug-likeness (QED) is 0.568. The summed E-state index contributed by atoms with van der Waals surface area (Å²) in [4.78, 5) is 6.53. The fourth-order valence-electron chi connectivity index (χ4n) is 3.74. The third-order valence-electron chi connectivity index (χ3n) is 5.22. The molecule has 4 rings (SSSR count). The van der Waals surface area contributed by atoms with Gasteiger partial charge in [0.25, 0.3) is 0 Å². The molecule has 1 N–H and O–H groups in total. The number of hydrogen-bond donors (Lipinski definition) is 1. The van der Waals surface area contributed by atoms with Crippen molar-refractivity contribution in [3.8, 4) is 0 Å². The highest BCUT2D eigenvalue weighted by atomic mass is 16.3. The van der Waals surface area contributed by atoms with Gasteiger partial charge in [0, 0.05) is 39.0 Å². The Balaban J connectivity index is 1.35. The molecular formula is C20H26N6O. The molecule has 0 saturated carbocycles. The number of hydrogen-bond acceptors (Lipinski definition) is 4. The van der Waals surface area contributed by atoms with Crippen LogP contribution in [-0.2, 0) is 19.5 Å². The minimum Gasteiger partial charge on any atom is -0.459 e. The van der Waals surface area contributed by atoms with Gasteiger partial charge < -0.3 is 19.2 Å². The summed E-state index contributed by atoms with van der Waals surface area (Å²) in [5.74, 6) is 4.46. The van der Waals surface area contributed by atoms with Gasteiger partial charge in [0.1, 0.15) is 23.0 Å². The first-order valence-corrected chi connectivity index (χ1v) is 9.42. The molecule has 1 aromatic carbocycles. The normalized spacial score (nSPS) is 17.1.